The molecule has 1 aromatic rings. The normalized spacial score (nSPS) is 31.9. The van der Waals surface area contributed by atoms with Gasteiger partial charge in [-0.25, -0.2) is 0 Å². The fourth-order valence-corrected chi connectivity index (χ4v) is 3.45. The van der Waals surface area contributed by atoms with E-state index < -0.39 is 0 Å². The molecule has 3 rings (SSSR count). The molecule has 21 heavy (non-hydrogen) atoms. The van der Waals surface area contributed by atoms with Crippen LogP contribution < -0.4 is 15.2 Å². The molecular weight excluding hydrogens is 266 g/mol. The fraction of sp³-hybridized carbons (Fsp3) is 0.647. The molecule has 4 heteroatoms. The summed E-state index contributed by atoms with van der Waals surface area (Å²) in [6.07, 6.45) is 2.92. The number of hydrogen-bond acceptors (Lipinski definition) is 4. The molecule has 2 unspecified atom stereocenters. The van der Waals surface area contributed by atoms with Crippen LogP contribution in [0.3, 0.4) is 0 Å². The molecule has 1 saturated heterocycles. The molecule has 1 fully saturated rings. The SMILES string of the molecule is COc1ccc2c(c1)OC1(CCOC(C(C)C)C1)C[C@H]2N. The molecule has 2 N–H and O–H groups in total. The van der Waals surface area contributed by atoms with E-state index >= 15 is 0 Å². The Morgan fingerprint density at radius 1 is 1.33 bits per heavy atom. The monoisotopic (exact) mass is 291 g/mol. The highest BCUT2D eigenvalue weighted by atomic mass is 16.5. The lowest BCUT2D eigenvalue weighted by Crippen LogP contribution is -2.50. The van der Waals surface area contributed by atoms with Crippen molar-refractivity contribution >= 4 is 0 Å². The first-order chi connectivity index (χ1) is 10.0. The molecule has 0 aliphatic carbocycles. The summed E-state index contributed by atoms with van der Waals surface area (Å²) >= 11 is 0. The van der Waals surface area contributed by atoms with Crippen molar-refractivity contribution in [2.75, 3.05) is 13.7 Å². The maximum Gasteiger partial charge on any atom is 0.128 e. The lowest BCUT2D eigenvalue weighted by Gasteiger charge is -2.46. The second-order valence-corrected chi connectivity index (χ2v) is 6.61. The van der Waals surface area contributed by atoms with Gasteiger partial charge in [-0.2, -0.15) is 0 Å². The quantitative estimate of drug-likeness (QED) is 0.910. The first-order valence-corrected chi connectivity index (χ1v) is 7.77. The van der Waals surface area contributed by atoms with Gasteiger partial charge in [-0.15, -0.1) is 0 Å². The van der Waals surface area contributed by atoms with Crippen LogP contribution >= 0.6 is 0 Å². The van der Waals surface area contributed by atoms with Gasteiger partial charge >= 0.3 is 0 Å². The van der Waals surface area contributed by atoms with E-state index in [2.05, 4.69) is 13.8 Å². The van der Waals surface area contributed by atoms with Crippen LogP contribution in [0.15, 0.2) is 18.2 Å². The maximum atomic E-state index is 6.41. The van der Waals surface area contributed by atoms with Gasteiger partial charge in [0.2, 0.25) is 0 Å². The van der Waals surface area contributed by atoms with Crippen LogP contribution in [-0.4, -0.2) is 25.4 Å². The van der Waals surface area contributed by atoms with Gasteiger partial charge < -0.3 is 19.9 Å². The first kappa shape index (κ1) is 14.7. The highest BCUT2D eigenvalue weighted by Gasteiger charge is 2.44. The van der Waals surface area contributed by atoms with Crippen LogP contribution in [0.2, 0.25) is 0 Å². The predicted octanol–water partition coefficient (Wildman–Crippen LogP) is 3.05. The van der Waals surface area contributed by atoms with Crippen LogP contribution in [-0.2, 0) is 4.74 Å². The lowest BCUT2D eigenvalue weighted by molar-refractivity contribution is -0.115. The Kier molecular flexibility index (Phi) is 3.84. The molecule has 3 atom stereocenters. The summed E-state index contributed by atoms with van der Waals surface area (Å²) < 4.78 is 17.6. The third-order valence-corrected chi connectivity index (χ3v) is 4.74. The van der Waals surface area contributed by atoms with Crippen LogP contribution in [0.1, 0.15) is 44.7 Å². The molecule has 0 radical (unpaired) electrons. The largest absolute Gasteiger partial charge is 0.497 e. The second-order valence-electron chi connectivity index (χ2n) is 6.61. The van der Waals surface area contributed by atoms with Gasteiger partial charge in [0.25, 0.3) is 0 Å². The minimum atomic E-state index is -0.189. The highest BCUT2D eigenvalue weighted by molar-refractivity contribution is 5.44. The van der Waals surface area contributed by atoms with Crippen molar-refractivity contribution in [3.8, 4) is 11.5 Å². The topological polar surface area (TPSA) is 53.7 Å². The molecule has 4 nitrogen and oxygen atoms in total. The van der Waals surface area contributed by atoms with Crippen molar-refractivity contribution in [2.45, 2.75) is 50.9 Å². The molecule has 0 amide bonds. The van der Waals surface area contributed by atoms with E-state index in [1.165, 1.54) is 0 Å². The number of benzene rings is 1. The van der Waals surface area contributed by atoms with Gasteiger partial charge in [-0.3, -0.25) is 0 Å². The Morgan fingerprint density at radius 2 is 2.14 bits per heavy atom. The summed E-state index contributed by atoms with van der Waals surface area (Å²) in [6, 6.07) is 5.94. The van der Waals surface area contributed by atoms with E-state index in [-0.39, 0.29) is 17.7 Å². The van der Waals surface area contributed by atoms with Crippen LogP contribution in [0.5, 0.6) is 11.5 Å². The zero-order valence-electron chi connectivity index (χ0n) is 13.1. The molecule has 0 aromatic heterocycles. The zero-order valence-corrected chi connectivity index (χ0v) is 13.1. The van der Waals surface area contributed by atoms with Gasteiger partial charge in [0, 0.05) is 36.9 Å². The molecule has 2 aliphatic rings. The van der Waals surface area contributed by atoms with Crippen molar-refractivity contribution in [3.05, 3.63) is 23.8 Å². The molecular formula is C17H25NO3. The molecule has 2 heterocycles. The van der Waals surface area contributed by atoms with Crippen molar-refractivity contribution in [1.82, 2.24) is 0 Å². The van der Waals surface area contributed by atoms with E-state index in [0.717, 1.165) is 42.9 Å². The number of fused-ring (bicyclic) bond motifs is 1. The van der Waals surface area contributed by atoms with E-state index in [1.807, 2.05) is 18.2 Å². The van der Waals surface area contributed by atoms with Gasteiger partial charge in [-0.1, -0.05) is 19.9 Å². The maximum absolute atomic E-state index is 6.41. The first-order valence-electron chi connectivity index (χ1n) is 7.77. The minimum Gasteiger partial charge on any atom is -0.497 e. The number of hydrogen-bond donors (Lipinski definition) is 1. The Balaban J connectivity index is 1.89. The summed E-state index contributed by atoms with van der Waals surface area (Å²) in [5.41, 5.74) is 7.29. The number of rotatable bonds is 2. The standard InChI is InChI=1S/C17H25NO3/c1-11(2)16-10-17(6-7-20-16)9-14(18)13-5-4-12(19-3)8-15(13)21-17/h4-5,8,11,14,16H,6-7,9-10,18H2,1-3H3/t14-,16?,17?/m1/s1. The van der Waals surface area contributed by atoms with Crippen LogP contribution in [0.25, 0.3) is 0 Å². The summed E-state index contributed by atoms with van der Waals surface area (Å²) in [5.74, 6) is 2.18. The third-order valence-electron chi connectivity index (χ3n) is 4.74. The summed E-state index contributed by atoms with van der Waals surface area (Å²) in [5, 5.41) is 0. The summed E-state index contributed by atoms with van der Waals surface area (Å²) in [4.78, 5) is 0. The fourth-order valence-electron chi connectivity index (χ4n) is 3.45. The van der Waals surface area contributed by atoms with E-state index in [4.69, 9.17) is 19.9 Å². The van der Waals surface area contributed by atoms with Crippen molar-refractivity contribution in [2.24, 2.45) is 11.7 Å². The minimum absolute atomic E-state index is 0.0190. The van der Waals surface area contributed by atoms with Gasteiger partial charge in [0.15, 0.2) is 0 Å². The highest BCUT2D eigenvalue weighted by Crippen LogP contribution is 2.45. The zero-order chi connectivity index (χ0) is 15.0. The Hall–Kier alpha value is -1.26. The molecule has 116 valence electrons. The summed E-state index contributed by atoms with van der Waals surface area (Å²) in [7, 11) is 1.67. The van der Waals surface area contributed by atoms with Gasteiger partial charge in [0.1, 0.15) is 17.1 Å². The van der Waals surface area contributed by atoms with Crippen LogP contribution in [0.4, 0.5) is 0 Å². The average Bonchev–Trinajstić information content (AvgIpc) is 2.46. The molecule has 0 saturated carbocycles. The van der Waals surface area contributed by atoms with Crippen molar-refractivity contribution < 1.29 is 14.2 Å². The van der Waals surface area contributed by atoms with Gasteiger partial charge in [0.05, 0.1) is 19.8 Å². The average molecular weight is 291 g/mol. The second kappa shape index (κ2) is 5.50. The van der Waals surface area contributed by atoms with E-state index in [9.17, 15) is 0 Å². The van der Waals surface area contributed by atoms with Crippen molar-refractivity contribution in [3.63, 3.8) is 0 Å². The van der Waals surface area contributed by atoms with Crippen molar-refractivity contribution in [1.29, 1.82) is 0 Å². The molecule has 2 aliphatic heterocycles. The molecule has 1 spiro atoms. The van der Waals surface area contributed by atoms with Gasteiger partial charge in [-0.05, 0) is 12.0 Å². The third kappa shape index (κ3) is 2.74. The summed E-state index contributed by atoms with van der Waals surface area (Å²) in [6.45, 7) is 5.14. The van der Waals surface area contributed by atoms with Crippen LogP contribution in [0, 0.1) is 5.92 Å². The number of ether oxygens (including phenoxy) is 3. The van der Waals surface area contributed by atoms with E-state index in [1.54, 1.807) is 7.11 Å². The smallest absolute Gasteiger partial charge is 0.128 e. The Bertz CT molecular complexity index is 517. The Morgan fingerprint density at radius 3 is 2.86 bits per heavy atom. The Labute approximate surface area is 126 Å². The predicted molar refractivity (Wildman–Crippen MR) is 81.7 cm³/mol. The number of nitrogens with two attached hydrogens (primary N) is 1. The van der Waals surface area contributed by atoms with E-state index in [0.29, 0.717) is 5.92 Å². The molecule has 0 bridgehead atoms. The lowest BCUT2D eigenvalue weighted by atomic mass is 9.78. The molecule has 1 aromatic carbocycles. The number of methoxy groups -OCH3 is 1.